The lowest BCUT2D eigenvalue weighted by atomic mass is 10.1. The van der Waals surface area contributed by atoms with Gasteiger partial charge in [0, 0.05) is 18.8 Å². The summed E-state index contributed by atoms with van der Waals surface area (Å²) in [5, 5.41) is 4.42. The zero-order valence-electron chi connectivity index (χ0n) is 20.0. The van der Waals surface area contributed by atoms with E-state index in [4.69, 9.17) is 18.9 Å². The minimum absolute atomic E-state index is 0.127. The van der Waals surface area contributed by atoms with E-state index >= 15 is 0 Å². The molecule has 180 valence electrons. The molecule has 3 heterocycles. The highest BCUT2D eigenvalue weighted by Crippen LogP contribution is 2.40. The van der Waals surface area contributed by atoms with Crippen molar-refractivity contribution in [3.63, 3.8) is 0 Å². The molecule has 0 radical (unpaired) electrons. The van der Waals surface area contributed by atoms with Gasteiger partial charge < -0.3 is 23.8 Å². The number of benzene rings is 1. The predicted octanol–water partition coefficient (Wildman–Crippen LogP) is 2.49. The number of fused-ring (bicyclic) bond motifs is 1. The van der Waals surface area contributed by atoms with Gasteiger partial charge in [-0.05, 0) is 32.9 Å². The Labute approximate surface area is 197 Å². The van der Waals surface area contributed by atoms with Crippen LogP contribution in [0.1, 0.15) is 39.0 Å². The monoisotopic (exact) mass is 468 g/mol. The van der Waals surface area contributed by atoms with Crippen LogP contribution in [-0.4, -0.2) is 77.8 Å². The molecule has 1 unspecified atom stereocenters. The Hall–Kier alpha value is -3.66. The third kappa shape index (κ3) is 4.41. The Morgan fingerprint density at radius 2 is 1.94 bits per heavy atom. The first kappa shape index (κ1) is 23.5. The Bertz CT molecular complexity index is 1240. The minimum atomic E-state index is -0.391. The molecule has 10 heteroatoms. The van der Waals surface area contributed by atoms with Crippen molar-refractivity contribution >= 4 is 17.3 Å². The van der Waals surface area contributed by atoms with Crippen molar-refractivity contribution in [3.8, 4) is 17.2 Å². The van der Waals surface area contributed by atoms with Gasteiger partial charge in [0.25, 0.3) is 5.91 Å². The number of hydrogen-bond acceptors (Lipinski definition) is 8. The molecule has 0 bridgehead atoms. The van der Waals surface area contributed by atoms with Crippen molar-refractivity contribution < 1.29 is 28.5 Å². The van der Waals surface area contributed by atoms with Gasteiger partial charge in [0.15, 0.2) is 22.9 Å². The molecule has 0 spiro atoms. The van der Waals surface area contributed by atoms with Crippen LogP contribution in [0.25, 0.3) is 5.65 Å². The lowest BCUT2D eigenvalue weighted by Gasteiger charge is -2.33. The number of rotatable bonds is 7. The number of methoxy groups -OCH3 is 2. The van der Waals surface area contributed by atoms with Crippen molar-refractivity contribution in [2.45, 2.75) is 26.9 Å². The molecule has 1 aromatic carbocycles. The van der Waals surface area contributed by atoms with Crippen LogP contribution in [0, 0.1) is 13.8 Å². The highest BCUT2D eigenvalue weighted by atomic mass is 16.6. The normalized spacial score (nSPS) is 15.9. The van der Waals surface area contributed by atoms with E-state index in [1.807, 2.05) is 19.9 Å². The van der Waals surface area contributed by atoms with Crippen molar-refractivity contribution in [2.24, 2.45) is 0 Å². The summed E-state index contributed by atoms with van der Waals surface area (Å²) in [5.74, 6) is 0.779. The molecule has 1 aliphatic heterocycles. The van der Waals surface area contributed by atoms with Crippen molar-refractivity contribution in [3.05, 3.63) is 46.9 Å². The molecule has 1 amide bonds. The standard InChI is InChI=1S/C24H28N4O6/c1-14-10-21-25-11-19(15(2)28(21)26-14)24(30)27-8-9-33-17(12-27)13-34-22-18(16(3)29)6-7-20(31-4)23(22)32-5/h6-7,10-11,17H,8-9,12-13H2,1-5H3. The molecular weight excluding hydrogens is 440 g/mol. The van der Waals surface area contributed by atoms with E-state index in [0.29, 0.717) is 53.7 Å². The van der Waals surface area contributed by atoms with Gasteiger partial charge in [-0.1, -0.05) is 0 Å². The fourth-order valence-corrected chi connectivity index (χ4v) is 4.04. The van der Waals surface area contributed by atoms with Gasteiger partial charge in [-0.3, -0.25) is 9.59 Å². The molecule has 1 atom stereocenters. The fraction of sp³-hybridized carbons (Fsp3) is 0.417. The summed E-state index contributed by atoms with van der Waals surface area (Å²) in [4.78, 5) is 31.5. The zero-order chi connectivity index (χ0) is 24.4. The number of aryl methyl sites for hydroxylation is 2. The van der Waals surface area contributed by atoms with Gasteiger partial charge in [0.2, 0.25) is 5.75 Å². The number of aromatic nitrogens is 3. The number of ether oxygens (including phenoxy) is 4. The van der Waals surface area contributed by atoms with E-state index in [1.54, 1.807) is 27.7 Å². The largest absolute Gasteiger partial charge is 0.493 e. The van der Waals surface area contributed by atoms with E-state index in [9.17, 15) is 9.59 Å². The number of amides is 1. The quantitative estimate of drug-likeness (QED) is 0.487. The third-order valence-electron chi connectivity index (χ3n) is 5.80. The lowest BCUT2D eigenvalue weighted by molar-refractivity contribution is -0.0405. The van der Waals surface area contributed by atoms with Gasteiger partial charge in [-0.2, -0.15) is 5.10 Å². The van der Waals surface area contributed by atoms with Crippen molar-refractivity contribution in [1.82, 2.24) is 19.5 Å². The second-order valence-electron chi connectivity index (χ2n) is 8.10. The number of carbonyl (C=O) groups is 2. The van der Waals surface area contributed by atoms with Crippen LogP contribution < -0.4 is 14.2 Å². The molecule has 1 aliphatic rings. The van der Waals surface area contributed by atoms with Gasteiger partial charge in [-0.25, -0.2) is 9.50 Å². The number of morpholine rings is 1. The average Bonchev–Trinajstić information content (AvgIpc) is 3.23. The number of Topliss-reactive ketones (excluding diaryl/α,β-unsaturated/α-hetero) is 1. The molecule has 10 nitrogen and oxygen atoms in total. The number of hydrogen-bond donors (Lipinski definition) is 0. The predicted molar refractivity (Wildman–Crippen MR) is 123 cm³/mol. The molecule has 3 aromatic rings. The fourth-order valence-electron chi connectivity index (χ4n) is 4.04. The minimum Gasteiger partial charge on any atom is -0.493 e. The molecule has 0 N–H and O–H groups in total. The van der Waals surface area contributed by atoms with Crippen LogP contribution in [0.15, 0.2) is 24.4 Å². The van der Waals surface area contributed by atoms with E-state index in [-0.39, 0.29) is 18.3 Å². The van der Waals surface area contributed by atoms with Gasteiger partial charge in [-0.15, -0.1) is 0 Å². The zero-order valence-corrected chi connectivity index (χ0v) is 20.0. The smallest absolute Gasteiger partial charge is 0.257 e. The molecule has 1 fully saturated rings. The number of carbonyl (C=O) groups excluding carboxylic acids is 2. The summed E-state index contributed by atoms with van der Waals surface area (Å²) < 4.78 is 24.3. The topological polar surface area (TPSA) is 104 Å². The molecule has 34 heavy (non-hydrogen) atoms. The Balaban J connectivity index is 1.51. The maximum Gasteiger partial charge on any atom is 0.257 e. The Kier molecular flexibility index (Phi) is 6.69. The summed E-state index contributed by atoms with van der Waals surface area (Å²) in [7, 11) is 3.00. The van der Waals surface area contributed by atoms with Crippen molar-refractivity contribution in [1.29, 1.82) is 0 Å². The third-order valence-corrected chi connectivity index (χ3v) is 5.80. The number of ketones is 1. The van der Waals surface area contributed by atoms with Crippen LogP contribution in [0.3, 0.4) is 0 Å². The van der Waals surface area contributed by atoms with Crippen LogP contribution in [0.4, 0.5) is 0 Å². The Morgan fingerprint density at radius 1 is 1.15 bits per heavy atom. The van der Waals surface area contributed by atoms with Crippen LogP contribution in [-0.2, 0) is 4.74 Å². The molecule has 0 saturated carbocycles. The first-order valence-corrected chi connectivity index (χ1v) is 11.0. The molecular formula is C24H28N4O6. The highest BCUT2D eigenvalue weighted by molar-refractivity contribution is 5.98. The van der Waals surface area contributed by atoms with Crippen LogP contribution in [0.2, 0.25) is 0 Å². The summed E-state index contributed by atoms with van der Waals surface area (Å²) in [6, 6.07) is 5.17. The summed E-state index contributed by atoms with van der Waals surface area (Å²) in [6.45, 7) is 6.47. The lowest BCUT2D eigenvalue weighted by Crippen LogP contribution is -2.48. The van der Waals surface area contributed by atoms with E-state index in [2.05, 4.69) is 10.1 Å². The second-order valence-corrected chi connectivity index (χ2v) is 8.10. The summed E-state index contributed by atoms with van der Waals surface area (Å²) >= 11 is 0. The molecule has 0 aliphatic carbocycles. The average molecular weight is 469 g/mol. The SMILES string of the molecule is COc1ccc(C(C)=O)c(OCC2CN(C(=O)c3cnc4cc(C)nn4c3C)CCO2)c1OC. The maximum atomic E-state index is 13.3. The second kappa shape index (κ2) is 9.68. The number of nitrogens with zero attached hydrogens (tertiary/aromatic N) is 4. The maximum absolute atomic E-state index is 13.3. The van der Waals surface area contributed by atoms with E-state index in [1.165, 1.54) is 21.1 Å². The molecule has 4 rings (SSSR count). The van der Waals surface area contributed by atoms with Crippen LogP contribution >= 0.6 is 0 Å². The van der Waals surface area contributed by atoms with E-state index < -0.39 is 6.10 Å². The molecule has 2 aromatic heterocycles. The van der Waals surface area contributed by atoms with Crippen LogP contribution in [0.5, 0.6) is 17.2 Å². The van der Waals surface area contributed by atoms with Gasteiger partial charge in [0.1, 0.15) is 12.7 Å². The van der Waals surface area contributed by atoms with Gasteiger partial charge >= 0.3 is 0 Å². The summed E-state index contributed by atoms with van der Waals surface area (Å²) in [6.07, 6.45) is 1.20. The first-order chi connectivity index (χ1) is 16.3. The molecule has 1 saturated heterocycles. The summed E-state index contributed by atoms with van der Waals surface area (Å²) in [5.41, 5.74) is 3.14. The first-order valence-electron chi connectivity index (χ1n) is 11.0. The van der Waals surface area contributed by atoms with Gasteiger partial charge in [0.05, 0.1) is 49.9 Å². The van der Waals surface area contributed by atoms with Crippen molar-refractivity contribution in [2.75, 3.05) is 40.5 Å². The Morgan fingerprint density at radius 3 is 2.65 bits per heavy atom. The van der Waals surface area contributed by atoms with E-state index in [0.717, 1.165) is 11.4 Å². The highest BCUT2D eigenvalue weighted by Gasteiger charge is 2.28.